The summed E-state index contributed by atoms with van der Waals surface area (Å²) in [7, 11) is 0. The minimum atomic E-state index is -1.01. The Morgan fingerprint density at radius 1 is 1.54 bits per heavy atom. The number of hydrogen-bond donors (Lipinski definition) is 1. The number of carboxylic acid groups (broad SMARTS) is 1. The van der Waals surface area contributed by atoms with E-state index in [1.807, 2.05) is 0 Å². The van der Waals surface area contributed by atoms with Crippen molar-refractivity contribution in [1.29, 1.82) is 0 Å². The van der Waals surface area contributed by atoms with Crippen LogP contribution in [0.25, 0.3) is 5.52 Å². The fourth-order valence-electron chi connectivity index (χ4n) is 1.07. The molecule has 0 saturated carbocycles. The molecule has 66 valence electrons. The van der Waals surface area contributed by atoms with Crippen molar-refractivity contribution in [3.05, 3.63) is 34.6 Å². The molecular weight excluding hydrogens is 236 g/mol. The second-order valence-electron chi connectivity index (χ2n) is 2.55. The van der Waals surface area contributed by atoms with Gasteiger partial charge in [0.15, 0.2) is 5.69 Å². The fourth-order valence-corrected chi connectivity index (χ4v) is 1.42. The first-order chi connectivity index (χ1) is 6.16. The molecule has 0 fully saturated rings. The highest BCUT2D eigenvalue weighted by Gasteiger charge is 2.07. The van der Waals surface area contributed by atoms with E-state index in [1.165, 1.54) is 10.6 Å². The molecule has 2 heterocycles. The van der Waals surface area contributed by atoms with Crippen molar-refractivity contribution in [3.63, 3.8) is 0 Å². The maximum absolute atomic E-state index is 10.6. The molecule has 2 rings (SSSR count). The predicted octanol–water partition coefficient (Wildman–Crippen LogP) is 1.79. The third-order valence-electron chi connectivity index (χ3n) is 1.64. The van der Waals surface area contributed by atoms with Crippen molar-refractivity contribution in [2.75, 3.05) is 0 Å². The van der Waals surface area contributed by atoms with Gasteiger partial charge in [0, 0.05) is 10.7 Å². The van der Waals surface area contributed by atoms with Crippen LogP contribution in [0.4, 0.5) is 0 Å². The zero-order valence-electron chi connectivity index (χ0n) is 6.44. The van der Waals surface area contributed by atoms with Gasteiger partial charge in [-0.3, -0.25) is 0 Å². The van der Waals surface area contributed by atoms with Gasteiger partial charge >= 0.3 is 5.97 Å². The highest BCUT2D eigenvalue weighted by Crippen LogP contribution is 2.13. The molecule has 0 aliphatic heterocycles. The molecule has 5 heteroatoms. The van der Waals surface area contributed by atoms with Crippen LogP contribution in [0.3, 0.4) is 0 Å². The summed E-state index contributed by atoms with van der Waals surface area (Å²) < 4.78 is 2.42. The Balaban J connectivity index is 2.68. The zero-order valence-corrected chi connectivity index (χ0v) is 8.02. The van der Waals surface area contributed by atoms with Gasteiger partial charge in [-0.2, -0.15) is 5.10 Å². The highest BCUT2D eigenvalue weighted by molar-refractivity contribution is 9.10. The second kappa shape index (κ2) is 2.85. The molecule has 0 amide bonds. The van der Waals surface area contributed by atoms with Crippen molar-refractivity contribution < 1.29 is 9.90 Å². The molecule has 2 aromatic rings. The van der Waals surface area contributed by atoms with Crippen LogP contribution >= 0.6 is 15.9 Å². The quantitative estimate of drug-likeness (QED) is 0.828. The molecule has 0 saturated heterocycles. The standard InChI is InChI=1S/C8H5BrN2O2/c9-5-1-2-11-6(3-5)4-7(10-11)8(12)13/h1-4H,(H,12,13). The maximum Gasteiger partial charge on any atom is 0.356 e. The average Bonchev–Trinajstić information content (AvgIpc) is 2.46. The first-order valence-electron chi connectivity index (χ1n) is 3.55. The molecule has 0 unspecified atom stereocenters. The molecule has 0 aromatic carbocycles. The summed E-state index contributed by atoms with van der Waals surface area (Å²) in [4.78, 5) is 10.6. The lowest BCUT2D eigenvalue weighted by atomic mass is 10.3. The zero-order chi connectivity index (χ0) is 9.42. The first-order valence-corrected chi connectivity index (χ1v) is 4.34. The van der Waals surface area contributed by atoms with E-state index in [4.69, 9.17) is 5.11 Å². The molecule has 13 heavy (non-hydrogen) atoms. The van der Waals surface area contributed by atoms with Gasteiger partial charge in [0.1, 0.15) is 0 Å². The normalized spacial score (nSPS) is 10.5. The monoisotopic (exact) mass is 240 g/mol. The van der Waals surface area contributed by atoms with Crippen LogP contribution in [-0.2, 0) is 0 Å². The Kier molecular flexibility index (Phi) is 1.81. The van der Waals surface area contributed by atoms with Gasteiger partial charge in [0.05, 0.1) is 5.52 Å². The van der Waals surface area contributed by atoms with E-state index in [1.54, 1.807) is 18.3 Å². The molecule has 2 aromatic heterocycles. The number of hydrogen-bond acceptors (Lipinski definition) is 2. The summed E-state index contributed by atoms with van der Waals surface area (Å²) in [6.45, 7) is 0. The molecule has 4 nitrogen and oxygen atoms in total. The van der Waals surface area contributed by atoms with E-state index < -0.39 is 5.97 Å². The minimum absolute atomic E-state index is 0.0538. The van der Waals surface area contributed by atoms with E-state index in [0.29, 0.717) is 0 Å². The third-order valence-corrected chi connectivity index (χ3v) is 2.14. The van der Waals surface area contributed by atoms with Gasteiger partial charge in [-0.05, 0) is 18.2 Å². The molecular formula is C8H5BrN2O2. The average molecular weight is 241 g/mol. The Labute approximate surface area is 81.9 Å². The molecule has 0 spiro atoms. The summed E-state index contributed by atoms with van der Waals surface area (Å²) in [6.07, 6.45) is 1.70. The molecule has 0 atom stereocenters. The molecule has 0 aliphatic rings. The summed E-state index contributed by atoms with van der Waals surface area (Å²) in [6, 6.07) is 5.12. The van der Waals surface area contributed by atoms with E-state index in [-0.39, 0.29) is 5.69 Å². The van der Waals surface area contributed by atoms with Crippen LogP contribution in [0.2, 0.25) is 0 Å². The molecule has 0 bridgehead atoms. The number of carboxylic acids is 1. The first kappa shape index (κ1) is 8.25. The molecule has 1 N–H and O–H groups in total. The Bertz CT molecular complexity index is 478. The van der Waals surface area contributed by atoms with Gasteiger partial charge in [0.25, 0.3) is 0 Å². The highest BCUT2D eigenvalue weighted by atomic mass is 79.9. The van der Waals surface area contributed by atoms with E-state index >= 15 is 0 Å². The fraction of sp³-hybridized carbons (Fsp3) is 0. The second-order valence-corrected chi connectivity index (χ2v) is 3.46. The van der Waals surface area contributed by atoms with E-state index in [0.717, 1.165) is 9.99 Å². The Morgan fingerprint density at radius 3 is 3.00 bits per heavy atom. The van der Waals surface area contributed by atoms with E-state index in [2.05, 4.69) is 21.0 Å². The van der Waals surface area contributed by atoms with Crippen LogP contribution in [0.15, 0.2) is 28.9 Å². The summed E-state index contributed by atoms with van der Waals surface area (Å²) in [5.74, 6) is -1.01. The van der Waals surface area contributed by atoms with E-state index in [9.17, 15) is 4.79 Å². The number of pyridine rings is 1. The van der Waals surface area contributed by atoms with Gasteiger partial charge in [0.2, 0.25) is 0 Å². The topological polar surface area (TPSA) is 54.6 Å². The maximum atomic E-state index is 10.6. The van der Waals surface area contributed by atoms with Crippen LogP contribution in [0.5, 0.6) is 0 Å². The molecule has 0 radical (unpaired) electrons. The number of carbonyl (C=O) groups is 1. The van der Waals surface area contributed by atoms with Gasteiger partial charge < -0.3 is 5.11 Å². The van der Waals surface area contributed by atoms with Crippen molar-refractivity contribution in [1.82, 2.24) is 9.61 Å². The smallest absolute Gasteiger partial charge is 0.356 e. The number of aromatic nitrogens is 2. The lowest BCUT2D eigenvalue weighted by molar-refractivity contribution is 0.0690. The van der Waals surface area contributed by atoms with Gasteiger partial charge in [-0.25, -0.2) is 9.31 Å². The number of aromatic carboxylic acids is 1. The Hall–Kier alpha value is -1.36. The molecule has 0 aliphatic carbocycles. The minimum Gasteiger partial charge on any atom is -0.476 e. The summed E-state index contributed by atoms with van der Waals surface area (Å²) in [5, 5.41) is 12.5. The van der Waals surface area contributed by atoms with Crippen molar-refractivity contribution in [3.8, 4) is 0 Å². The lowest BCUT2D eigenvalue weighted by Gasteiger charge is -1.91. The number of nitrogens with zero attached hydrogens (tertiary/aromatic N) is 2. The summed E-state index contributed by atoms with van der Waals surface area (Å²) >= 11 is 3.29. The van der Waals surface area contributed by atoms with Crippen LogP contribution in [0.1, 0.15) is 10.5 Å². The van der Waals surface area contributed by atoms with Crippen LogP contribution < -0.4 is 0 Å². The van der Waals surface area contributed by atoms with Crippen molar-refractivity contribution >= 4 is 27.4 Å². The van der Waals surface area contributed by atoms with Crippen LogP contribution in [0, 0.1) is 0 Å². The number of rotatable bonds is 1. The van der Waals surface area contributed by atoms with Gasteiger partial charge in [-0.15, -0.1) is 0 Å². The number of fused-ring (bicyclic) bond motifs is 1. The lowest BCUT2D eigenvalue weighted by Crippen LogP contribution is -1.97. The Morgan fingerprint density at radius 2 is 2.31 bits per heavy atom. The van der Waals surface area contributed by atoms with Crippen LogP contribution in [-0.4, -0.2) is 20.7 Å². The SMILES string of the molecule is O=C(O)c1cc2cc(Br)ccn2n1. The van der Waals surface area contributed by atoms with Crippen molar-refractivity contribution in [2.45, 2.75) is 0 Å². The van der Waals surface area contributed by atoms with Gasteiger partial charge in [-0.1, -0.05) is 15.9 Å². The summed E-state index contributed by atoms with van der Waals surface area (Å²) in [5.41, 5.74) is 0.810. The largest absolute Gasteiger partial charge is 0.476 e. The third kappa shape index (κ3) is 1.42. The van der Waals surface area contributed by atoms with Crippen molar-refractivity contribution in [2.24, 2.45) is 0 Å². The predicted molar refractivity (Wildman–Crippen MR) is 49.9 cm³/mol. The number of halogens is 1.